The molecule has 6 nitrogen and oxygen atoms in total. The van der Waals surface area contributed by atoms with Crippen LogP contribution in [0.1, 0.15) is 380 Å². The molecule has 1 unspecified atom stereocenters. The molecule has 6 heteroatoms. The largest absolute Gasteiger partial charge is 0.462 e. The van der Waals surface area contributed by atoms with E-state index in [1.165, 1.54) is 257 Å². The van der Waals surface area contributed by atoms with Crippen LogP contribution in [0.25, 0.3) is 0 Å². The number of carbonyl (C=O) groups excluding carboxylic acids is 3. The number of unbranched alkanes of at least 4 members (excludes halogenated alkanes) is 47. The molecule has 0 aliphatic carbocycles. The minimum atomic E-state index is -0.774. The van der Waals surface area contributed by atoms with Gasteiger partial charge in [-0.05, 0) is 51.4 Å². The van der Waals surface area contributed by atoms with Gasteiger partial charge in [-0.1, -0.05) is 346 Å². The van der Waals surface area contributed by atoms with Crippen molar-refractivity contribution < 1.29 is 28.6 Å². The Kier molecular flexibility index (Phi) is 64.1. The monoisotopic (exact) mass is 1080 g/mol. The third kappa shape index (κ3) is 64.3. The van der Waals surface area contributed by atoms with E-state index in [9.17, 15) is 14.4 Å². The first kappa shape index (κ1) is 74.6. The van der Waals surface area contributed by atoms with E-state index in [0.717, 1.165) is 83.5 Å². The Labute approximate surface area is 480 Å². The maximum Gasteiger partial charge on any atom is 0.306 e. The fraction of sp³-hybridized carbons (Fsp3) is 0.873. The molecule has 0 aromatic heterocycles. The van der Waals surface area contributed by atoms with E-state index >= 15 is 0 Å². The van der Waals surface area contributed by atoms with E-state index in [0.29, 0.717) is 19.3 Å². The van der Waals surface area contributed by atoms with E-state index in [1.54, 1.807) is 0 Å². The van der Waals surface area contributed by atoms with Crippen LogP contribution in [0.5, 0.6) is 0 Å². The molecule has 77 heavy (non-hydrogen) atoms. The molecule has 0 aromatic rings. The molecule has 0 radical (unpaired) electrons. The molecule has 0 rings (SSSR count). The molecule has 0 N–H and O–H groups in total. The van der Waals surface area contributed by atoms with Crippen molar-refractivity contribution in [3.63, 3.8) is 0 Å². The van der Waals surface area contributed by atoms with Gasteiger partial charge in [-0.2, -0.15) is 0 Å². The Morgan fingerprint density at radius 2 is 0.506 bits per heavy atom. The Morgan fingerprint density at radius 1 is 0.273 bits per heavy atom. The van der Waals surface area contributed by atoms with Crippen molar-refractivity contribution >= 4 is 17.9 Å². The van der Waals surface area contributed by atoms with Crippen molar-refractivity contribution in [3.05, 3.63) is 36.5 Å². The maximum absolute atomic E-state index is 12.9. The summed E-state index contributed by atoms with van der Waals surface area (Å²) in [6.45, 7) is 6.58. The molecular weight excluding hydrogens is 949 g/mol. The van der Waals surface area contributed by atoms with Crippen molar-refractivity contribution in [2.24, 2.45) is 0 Å². The first-order valence-electron chi connectivity index (χ1n) is 34.5. The number of hydrogen-bond donors (Lipinski definition) is 0. The van der Waals surface area contributed by atoms with Crippen molar-refractivity contribution in [2.45, 2.75) is 386 Å². The van der Waals surface area contributed by atoms with Crippen molar-refractivity contribution in [1.82, 2.24) is 0 Å². The highest BCUT2D eigenvalue weighted by molar-refractivity contribution is 5.71. The summed E-state index contributed by atoms with van der Waals surface area (Å²) < 4.78 is 16.9. The van der Waals surface area contributed by atoms with Crippen LogP contribution in [0.2, 0.25) is 0 Å². The smallest absolute Gasteiger partial charge is 0.306 e. The van der Waals surface area contributed by atoms with Crippen LogP contribution in [0.4, 0.5) is 0 Å². The lowest BCUT2D eigenvalue weighted by Gasteiger charge is -2.18. The quantitative estimate of drug-likeness (QED) is 0.0261. The second kappa shape index (κ2) is 66.1. The zero-order chi connectivity index (χ0) is 55.7. The fourth-order valence-electron chi connectivity index (χ4n) is 10.5. The maximum atomic E-state index is 12.9. The van der Waals surface area contributed by atoms with E-state index in [2.05, 4.69) is 57.2 Å². The number of esters is 3. The third-order valence-electron chi connectivity index (χ3n) is 15.7. The Morgan fingerprint density at radius 3 is 0.792 bits per heavy atom. The molecule has 0 saturated carbocycles. The van der Waals surface area contributed by atoms with Gasteiger partial charge < -0.3 is 14.2 Å². The van der Waals surface area contributed by atoms with Gasteiger partial charge in [0.15, 0.2) is 6.10 Å². The molecule has 1 atom stereocenters. The summed E-state index contributed by atoms with van der Waals surface area (Å²) >= 11 is 0. The molecule has 0 heterocycles. The van der Waals surface area contributed by atoms with Crippen LogP contribution in [0.15, 0.2) is 36.5 Å². The molecule has 0 aliphatic heterocycles. The molecule has 0 fully saturated rings. The zero-order valence-corrected chi connectivity index (χ0v) is 52.0. The summed E-state index contributed by atoms with van der Waals surface area (Å²) in [6, 6.07) is 0. The highest BCUT2D eigenvalue weighted by Gasteiger charge is 2.19. The highest BCUT2D eigenvalue weighted by Crippen LogP contribution is 2.19. The van der Waals surface area contributed by atoms with Gasteiger partial charge in [0, 0.05) is 19.3 Å². The minimum Gasteiger partial charge on any atom is -0.462 e. The van der Waals surface area contributed by atoms with Gasteiger partial charge in [-0.25, -0.2) is 0 Å². The molecule has 0 bridgehead atoms. The van der Waals surface area contributed by atoms with Gasteiger partial charge >= 0.3 is 17.9 Å². The van der Waals surface area contributed by atoms with E-state index < -0.39 is 6.10 Å². The Balaban J connectivity index is 4.09. The fourth-order valence-corrected chi connectivity index (χ4v) is 10.5. The average molecular weight is 1080 g/mol. The van der Waals surface area contributed by atoms with Crippen molar-refractivity contribution in [2.75, 3.05) is 13.2 Å². The Hall–Kier alpha value is -2.37. The number of allylic oxidation sites excluding steroid dienone is 6. The molecule has 452 valence electrons. The summed E-state index contributed by atoms with van der Waals surface area (Å²) in [5, 5.41) is 0. The lowest BCUT2D eigenvalue weighted by atomic mass is 10.0. The second-order valence-electron chi connectivity index (χ2n) is 23.4. The number of carbonyl (C=O) groups is 3. The summed E-state index contributed by atoms with van der Waals surface area (Å²) in [6.07, 6.45) is 81.9. The van der Waals surface area contributed by atoms with Gasteiger partial charge in [0.2, 0.25) is 0 Å². The third-order valence-corrected chi connectivity index (χ3v) is 15.7. The van der Waals surface area contributed by atoms with Crippen LogP contribution < -0.4 is 0 Å². The number of ether oxygens (including phenoxy) is 3. The van der Waals surface area contributed by atoms with Crippen molar-refractivity contribution in [1.29, 1.82) is 0 Å². The standard InChI is InChI=1S/C71H132O6/c1-4-7-10-13-16-19-22-24-26-28-29-30-31-32-33-34-35-36-37-38-39-40-41-43-44-46-49-52-55-58-61-64-70(73)76-67-68(66-75-69(72)63-60-57-54-51-48-21-18-15-12-9-6-3)77-71(74)65-62-59-56-53-50-47-45-42-27-25-23-20-17-14-11-8-5-2/h8,11,17,20,25,27,68H,4-7,9-10,12-16,18-19,21-24,26,28-67H2,1-3H3/b11-8-,20-17-,27-25-. The van der Waals surface area contributed by atoms with Crippen molar-refractivity contribution in [3.8, 4) is 0 Å². The lowest BCUT2D eigenvalue weighted by molar-refractivity contribution is -0.167. The molecule has 0 amide bonds. The normalized spacial score (nSPS) is 12.2. The van der Waals surface area contributed by atoms with Crippen LogP contribution in [0, 0.1) is 0 Å². The minimum absolute atomic E-state index is 0.0710. The van der Waals surface area contributed by atoms with E-state index in [4.69, 9.17) is 14.2 Å². The van der Waals surface area contributed by atoms with Gasteiger partial charge in [-0.3, -0.25) is 14.4 Å². The number of rotatable bonds is 64. The van der Waals surface area contributed by atoms with E-state index in [-0.39, 0.29) is 31.1 Å². The van der Waals surface area contributed by atoms with Crippen LogP contribution >= 0.6 is 0 Å². The molecule has 0 saturated heterocycles. The van der Waals surface area contributed by atoms with Crippen LogP contribution in [-0.2, 0) is 28.6 Å². The van der Waals surface area contributed by atoms with Gasteiger partial charge in [0.05, 0.1) is 0 Å². The van der Waals surface area contributed by atoms with Gasteiger partial charge in [0.1, 0.15) is 13.2 Å². The topological polar surface area (TPSA) is 78.9 Å². The average Bonchev–Trinajstić information content (AvgIpc) is 3.43. The molecular formula is C71H132O6. The zero-order valence-electron chi connectivity index (χ0n) is 52.0. The van der Waals surface area contributed by atoms with Gasteiger partial charge in [0.25, 0.3) is 0 Å². The number of hydrogen-bond acceptors (Lipinski definition) is 6. The van der Waals surface area contributed by atoms with Crippen LogP contribution in [0.3, 0.4) is 0 Å². The first-order chi connectivity index (χ1) is 38.0. The Bertz CT molecular complexity index is 1290. The lowest BCUT2D eigenvalue weighted by Crippen LogP contribution is -2.30. The van der Waals surface area contributed by atoms with Crippen LogP contribution in [-0.4, -0.2) is 37.2 Å². The molecule has 0 aliphatic rings. The SMILES string of the molecule is CC/C=C\C/C=C\C/C=C\CCCCCCCCCC(=O)OC(COC(=O)CCCCCCCCCCCCC)COC(=O)CCCCCCCCCCCCCCCCCCCCCCCCCCCCCCCCC. The van der Waals surface area contributed by atoms with Gasteiger partial charge in [-0.15, -0.1) is 0 Å². The summed E-state index contributed by atoms with van der Waals surface area (Å²) in [5.41, 5.74) is 0. The van der Waals surface area contributed by atoms with E-state index in [1.807, 2.05) is 0 Å². The molecule has 0 aromatic carbocycles. The predicted octanol–water partition coefficient (Wildman–Crippen LogP) is 23.6. The summed E-state index contributed by atoms with van der Waals surface area (Å²) in [4.78, 5) is 38.3. The summed E-state index contributed by atoms with van der Waals surface area (Å²) in [5.74, 6) is -0.857. The predicted molar refractivity (Wildman–Crippen MR) is 335 cm³/mol. The first-order valence-corrected chi connectivity index (χ1v) is 34.5. The second-order valence-corrected chi connectivity index (χ2v) is 23.4. The highest BCUT2D eigenvalue weighted by atomic mass is 16.6. The molecule has 0 spiro atoms. The summed E-state index contributed by atoms with van der Waals surface area (Å²) in [7, 11) is 0.